The number of hydrogen-bond acceptors (Lipinski definition) is 1. The first kappa shape index (κ1) is 17.1. The standard InChI is InChI=1S/C20H31NO/c1-7-22-13-18-10-15(3)19(21-18)12-16-11-17(20(4,5)6)9-8-14(16)2/h10,12,17,21H,2,7-9,11,13H2,1,3-6H3/b16-12-. The van der Waals surface area contributed by atoms with Gasteiger partial charge in [-0.3, -0.25) is 0 Å². The first-order chi connectivity index (χ1) is 10.3. The van der Waals surface area contributed by atoms with E-state index in [-0.39, 0.29) is 0 Å². The van der Waals surface area contributed by atoms with Gasteiger partial charge in [0.25, 0.3) is 0 Å². The van der Waals surface area contributed by atoms with E-state index in [0.717, 1.165) is 31.1 Å². The molecule has 1 fully saturated rings. The van der Waals surface area contributed by atoms with Crippen molar-refractivity contribution < 1.29 is 4.74 Å². The van der Waals surface area contributed by atoms with Crippen LogP contribution in [0.15, 0.2) is 23.8 Å². The molecule has 0 saturated heterocycles. The largest absolute Gasteiger partial charge is 0.376 e. The van der Waals surface area contributed by atoms with Gasteiger partial charge in [-0.2, -0.15) is 0 Å². The minimum absolute atomic E-state index is 0.366. The van der Waals surface area contributed by atoms with E-state index in [2.05, 4.69) is 51.4 Å². The lowest BCUT2D eigenvalue weighted by atomic mass is 9.69. The van der Waals surface area contributed by atoms with Crippen molar-refractivity contribution in [3.63, 3.8) is 0 Å². The SMILES string of the molecule is C=C1CCC(C(C)(C)C)C/C1=C/c1[nH]c(COCC)cc1C. The number of aryl methyl sites for hydroxylation is 1. The molecule has 0 spiro atoms. The molecule has 1 N–H and O–H groups in total. The summed E-state index contributed by atoms with van der Waals surface area (Å²) < 4.78 is 5.49. The lowest BCUT2D eigenvalue weighted by molar-refractivity contribution is 0.131. The summed E-state index contributed by atoms with van der Waals surface area (Å²) >= 11 is 0. The molecule has 1 saturated carbocycles. The summed E-state index contributed by atoms with van der Waals surface area (Å²) in [6, 6.07) is 2.19. The van der Waals surface area contributed by atoms with Crippen molar-refractivity contribution in [1.82, 2.24) is 4.98 Å². The molecule has 1 aromatic rings. The predicted molar refractivity (Wildman–Crippen MR) is 94.8 cm³/mol. The fourth-order valence-electron chi connectivity index (χ4n) is 3.18. The predicted octanol–water partition coefficient (Wildman–Crippen LogP) is 5.65. The van der Waals surface area contributed by atoms with Crippen LogP contribution in [0.25, 0.3) is 6.08 Å². The molecular weight excluding hydrogens is 270 g/mol. The molecule has 1 unspecified atom stereocenters. The van der Waals surface area contributed by atoms with E-state index in [1.54, 1.807) is 0 Å². The van der Waals surface area contributed by atoms with E-state index in [1.807, 2.05) is 6.92 Å². The highest BCUT2D eigenvalue weighted by atomic mass is 16.5. The molecule has 1 heterocycles. The van der Waals surface area contributed by atoms with Gasteiger partial charge >= 0.3 is 0 Å². The minimum atomic E-state index is 0.366. The second kappa shape index (κ2) is 6.87. The maximum absolute atomic E-state index is 5.49. The number of hydrogen-bond donors (Lipinski definition) is 1. The number of nitrogens with one attached hydrogen (secondary N) is 1. The number of aromatic nitrogens is 1. The first-order valence-electron chi connectivity index (χ1n) is 8.46. The maximum Gasteiger partial charge on any atom is 0.0865 e. The van der Waals surface area contributed by atoms with Crippen molar-refractivity contribution in [3.8, 4) is 0 Å². The molecule has 2 rings (SSSR count). The summed E-state index contributed by atoms with van der Waals surface area (Å²) in [5.74, 6) is 0.738. The molecule has 0 amide bonds. The van der Waals surface area contributed by atoms with E-state index in [4.69, 9.17) is 4.74 Å². The Bertz CT molecular complexity index is 557. The molecule has 0 aliphatic heterocycles. The lowest BCUT2D eigenvalue weighted by Gasteiger charge is -2.36. The van der Waals surface area contributed by atoms with Crippen LogP contribution >= 0.6 is 0 Å². The monoisotopic (exact) mass is 301 g/mol. The van der Waals surface area contributed by atoms with Gasteiger partial charge in [0, 0.05) is 18.0 Å². The van der Waals surface area contributed by atoms with Crippen molar-refractivity contribution in [2.75, 3.05) is 6.61 Å². The maximum atomic E-state index is 5.49. The molecular formula is C20H31NO. The molecule has 1 aliphatic carbocycles. The Morgan fingerprint density at radius 2 is 2.14 bits per heavy atom. The third-order valence-electron chi connectivity index (χ3n) is 4.83. The zero-order valence-corrected chi connectivity index (χ0v) is 14.9. The van der Waals surface area contributed by atoms with Gasteiger partial charge in [0.1, 0.15) is 0 Å². The van der Waals surface area contributed by atoms with Crippen molar-refractivity contribution in [2.45, 2.75) is 60.5 Å². The van der Waals surface area contributed by atoms with Crippen molar-refractivity contribution in [2.24, 2.45) is 11.3 Å². The number of H-pyrrole nitrogens is 1. The van der Waals surface area contributed by atoms with Gasteiger partial charge < -0.3 is 9.72 Å². The molecule has 0 aromatic carbocycles. The summed E-state index contributed by atoms with van der Waals surface area (Å²) in [7, 11) is 0. The summed E-state index contributed by atoms with van der Waals surface area (Å²) in [4.78, 5) is 3.50. The summed E-state index contributed by atoms with van der Waals surface area (Å²) in [6.07, 6.45) is 5.84. The second-order valence-electron chi connectivity index (χ2n) is 7.61. The van der Waals surface area contributed by atoms with E-state index < -0.39 is 0 Å². The van der Waals surface area contributed by atoms with Gasteiger partial charge in [0.2, 0.25) is 0 Å². The lowest BCUT2D eigenvalue weighted by Crippen LogP contribution is -2.24. The van der Waals surface area contributed by atoms with Crippen LogP contribution in [0.1, 0.15) is 63.9 Å². The Labute approximate surface area is 135 Å². The number of rotatable bonds is 4. The van der Waals surface area contributed by atoms with Crippen LogP contribution in [0, 0.1) is 18.3 Å². The zero-order chi connectivity index (χ0) is 16.3. The molecule has 0 radical (unpaired) electrons. The highest BCUT2D eigenvalue weighted by Gasteiger charge is 2.29. The Balaban J connectivity index is 2.19. The van der Waals surface area contributed by atoms with Gasteiger partial charge in [-0.15, -0.1) is 0 Å². The Kier molecular flexibility index (Phi) is 5.33. The minimum Gasteiger partial charge on any atom is -0.376 e. The normalized spacial score (nSPS) is 21.6. The summed E-state index contributed by atoms with van der Waals surface area (Å²) in [5.41, 5.74) is 6.73. The molecule has 2 heteroatoms. The van der Waals surface area contributed by atoms with E-state index >= 15 is 0 Å². The van der Waals surface area contributed by atoms with Crippen LogP contribution in [-0.2, 0) is 11.3 Å². The van der Waals surface area contributed by atoms with Gasteiger partial charge in [-0.25, -0.2) is 0 Å². The van der Waals surface area contributed by atoms with Crippen LogP contribution < -0.4 is 0 Å². The fourth-order valence-corrected chi connectivity index (χ4v) is 3.18. The van der Waals surface area contributed by atoms with Crippen LogP contribution in [0.4, 0.5) is 0 Å². The number of ether oxygens (including phenoxy) is 1. The third kappa shape index (κ3) is 4.13. The molecule has 22 heavy (non-hydrogen) atoms. The number of allylic oxidation sites excluding steroid dienone is 2. The van der Waals surface area contributed by atoms with Crippen LogP contribution in [-0.4, -0.2) is 11.6 Å². The van der Waals surface area contributed by atoms with E-state index in [1.165, 1.54) is 28.8 Å². The molecule has 0 bridgehead atoms. The molecule has 1 atom stereocenters. The van der Waals surface area contributed by atoms with Crippen molar-refractivity contribution >= 4 is 6.08 Å². The van der Waals surface area contributed by atoms with Gasteiger partial charge in [-0.05, 0) is 67.7 Å². The quantitative estimate of drug-likeness (QED) is 0.764. The zero-order valence-electron chi connectivity index (χ0n) is 14.9. The highest BCUT2D eigenvalue weighted by Crippen LogP contribution is 2.42. The Morgan fingerprint density at radius 3 is 2.77 bits per heavy atom. The second-order valence-corrected chi connectivity index (χ2v) is 7.61. The first-order valence-corrected chi connectivity index (χ1v) is 8.46. The summed E-state index contributed by atoms with van der Waals surface area (Å²) in [6.45, 7) is 16.9. The van der Waals surface area contributed by atoms with Crippen molar-refractivity contribution in [3.05, 3.63) is 40.7 Å². The number of aromatic amines is 1. The highest BCUT2D eigenvalue weighted by molar-refractivity contribution is 5.59. The summed E-state index contributed by atoms with van der Waals surface area (Å²) in [5, 5.41) is 0. The Morgan fingerprint density at radius 1 is 1.41 bits per heavy atom. The molecule has 2 nitrogen and oxygen atoms in total. The van der Waals surface area contributed by atoms with E-state index in [9.17, 15) is 0 Å². The van der Waals surface area contributed by atoms with Gasteiger partial charge in [0.05, 0.1) is 6.61 Å². The Hall–Kier alpha value is -1.28. The van der Waals surface area contributed by atoms with E-state index in [0.29, 0.717) is 12.0 Å². The van der Waals surface area contributed by atoms with Crippen molar-refractivity contribution in [1.29, 1.82) is 0 Å². The van der Waals surface area contributed by atoms with Crippen LogP contribution in [0.2, 0.25) is 0 Å². The average molecular weight is 301 g/mol. The van der Waals surface area contributed by atoms with Gasteiger partial charge in [0.15, 0.2) is 0 Å². The molecule has 1 aromatic heterocycles. The smallest absolute Gasteiger partial charge is 0.0865 e. The molecule has 1 aliphatic rings. The average Bonchev–Trinajstić information content (AvgIpc) is 2.78. The fraction of sp³-hybridized carbons (Fsp3) is 0.600. The molecule has 122 valence electrons. The van der Waals surface area contributed by atoms with Crippen LogP contribution in [0.3, 0.4) is 0 Å². The third-order valence-corrected chi connectivity index (χ3v) is 4.83. The topological polar surface area (TPSA) is 25.0 Å². The van der Waals surface area contributed by atoms with Crippen LogP contribution in [0.5, 0.6) is 0 Å². The van der Waals surface area contributed by atoms with Gasteiger partial charge in [-0.1, -0.05) is 32.9 Å².